The number of likely N-dealkylation sites (tertiary alicyclic amines) is 1. The summed E-state index contributed by atoms with van der Waals surface area (Å²) in [6.45, 7) is -0.0406. The van der Waals surface area contributed by atoms with E-state index in [4.69, 9.17) is 16.3 Å². The first-order valence-electron chi connectivity index (χ1n) is 12.0. The predicted molar refractivity (Wildman–Crippen MR) is 116 cm³/mol. The van der Waals surface area contributed by atoms with Gasteiger partial charge in [0.05, 0.1) is 17.5 Å². The van der Waals surface area contributed by atoms with E-state index in [0.29, 0.717) is 24.8 Å². The summed E-state index contributed by atoms with van der Waals surface area (Å²) in [5.41, 5.74) is -0.334. The zero-order chi connectivity index (χ0) is 21.8. The monoisotopic (exact) mass is 455 g/mol. The number of hydrogen-bond acceptors (Lipinski definition) is 4. The summed E-state index contributed by atoms with van der Waals surface area (Å²) in [6.07, 6.45) is 8.64. The largest absolute Gasteiger partial charge is 0.368 e. The average Bonchev–Trinajstić information content (AvgIpc) is 3.03. The molecule has 1 saturated heterocycles. The molecule has 174 valence electrons. The standard InChI is InChI=1S/C23H35ClFN3O3/c1-28-18-5-3-2-4-14(18)8-19(28)21(30)27-23-11-22(12-23,13-23)26-20(29)10-31-15-6-7-16(24)17(25)9-15/h14-19H,2-13H2,1H3,(H,26,29)(H,27,30). The number of alkyl halides is 2. The van der Waals surface area contributed by atoms with Crippen molar-refractivity contribution in [2.45, 2.75) is 111 Å². The van der Waals surface area contributed by atoms with Crippen molar-refractivity contribution in [3.05, 3.63) is 0 Å². The van der Waals surface area contributed by atoms with Gasteiger partial charge >= 0.3 is 0 Å². The summed E-state index contributed by atoms with van der Waals surface area (Å²) in [5.74, 6) is 0.679. The predicted octanol–water partition coefficient (Wildman–Crippen LogP) is 2.67. The number of nitrogens with zero attached hydrogens (tertiary/aromatic N) is 1. The number of hydrogen-bond donors (Lipinski definition) is 2. The molecule has 8 heteroatoms. The fourth-order valence-corrected chi connectivity index (χ4v) is 7.32. The van der Waals surface area contributed by atoms with Crippen molar-refractivity contribution in [3.63, 3.8) is 0 Å². The van der Waals surface area contributed by atoms with Gasteiger partial charge in [-0.15, -0.1) is 11.6 Å². The zero-order valence-electron chi connectivity index (χ0n) is 18.4. The molecule has 1 heterocycles. The lowest BCUT2D eigenvalue weighted by molar-refractivity contribution is -0.155. The minimum atomic E-state index is -1.06. The fraction of sp³-hybridized carbons (Fsp3) is 0.913. The number of carbonyl (C=O) groups excluding carboxylic acids is 2. The minimum absolute atomic E-state index is 0.0107. The third-order valence-corrected chi connectivity index (χ3v) is 9.12. The molecule has 0 aromatic carbocycles. The number of halogens is 2. The van der Waals surface area contributed by atoms with Crippen LogP contribution < -0.4 is 10.6 Å². The Morgan fingerprint density at radius 3 is 2.48 bits per heavy atom. The Kier molecular flexibility index (Phi) is 5.75. The fourth-order valence-electron chi connectivity index (χ4n) is 7.09. The Hall–Kier alpha value is -0.920. The van der Waals surface area contributed by atoms with Crippen molar-refractivity contribution in [1.29, 1.82) is 0 Å². The van der Waals surface area contributed by atoms with Gasteiger partial charge in [-0.3, -0.25) is 14.5 Å². The van der Waals surface area contributed by atoms with E-state index >= 15 is 0 Å². The molecule has 6 aliphatic rings. The van der Waals surface area contributed by atoms with Crippen LogP contribution in [0.1, 0.15) is 70.6 Å². The van der Waals surface area contributed by atoms with Crippen molar-refractivity contribution in [2.24, 2.45) is 5.92 Å². The van der Waals surface area contributed by atoms with Crippen LogP contribution in [0.2, 0.25) is 0 Å². The van der Waals surface area contributed by atoms with E-state index in [1.807, 2.05) is 0 Å². The maximum Gasteiger partial charge on any atom is 0.246 e. The van der Waals surface area contributed by atoms with Gasteiger partial charge in [-0.2, -0.15) is 0 Å². The van der Waals surface area contributed by atoms with E-state index in [1.165, 1.54) is 25.7 Å². The molecule has 0 radical (unpaired) electrons. The van der Waals surface area contributed by atoms with Crippen LogP contribution >= 0.6 is 11.6 Å². The average molecular weight is 456 g/mol. The molecule has 2 bridgehead atoms. The van der Waals surface area contributed by atoms with Crippen LogP contribution in [0.3, 0.4) is 0 Å². The second-order valence-corrected chi connectivity index (χ2v) is 11.5. The highest BCUT2D eigenvalue weighted by Gasteiger charge is 2.69. The Morgan fingerprint density at radius 1 is 1.06 bits per heavy atom. The van der Waals surface area contributed by atoms with Gasteiger partial charge in [0, 0.05) is 23.5 Å². The van der Waals surface area contributed by atoms with Crippen LogP contribution in [0.15, 0.2) is 0 Å². The molecule has 6 fully saturated rings. The van der Waals surface area contributed by atoms with Gasteiger partial charge in [-0.25, -0.2) is 4.39 Å². The van der Waals surface area contributed by atoms with Crippen LogP contribution in [0.5, 0.6) is 0 Å². The number of ether oxygens (including phenoxy) is 1. The molecule has 2 amide bonds. The lowest BCUT2D eigenvalue weighted by Crippen LogP contribution is -2.84. The highest BCUT2D eigenvalue weighted by Crippen LogP contribution is 2.60. The van der Waals surface area contributed by atoms with Gasteiger partial charge in [0.2, 0.25) is 11.8 Å². The van der Waals surface area contributed by atoms with Crippen molar-refractivity contribution in [1.82, 2.24) is 15.5 Å². The smallest absolute Gasteiger partial charge is 0.246 e. The summed E-state index contributed by atoms with van der Waals surface area (Å²) in [5, 5.41) is 5.97. The molecule has 0 spiro atoms. The van der Waals surface area contributed by atoms with Crippen molar-refractivity contribution in [3.8, 4) is 0 Å². The number of fused-ring (bicyclic) bond motifs is 1. The quantitative estimate of drug-likeness (QED) is 0.604. The maximum absolute atomic E-state index is 13.7. The third-order valence-electron chi connectivity index (χ3n) is 8.63. The summed E-state index contributed by atoms with van der Waals surface area (Å²) in [4.78, 5) is 27.6. The topological polar surface area (TPSA) is 70.7 Å². The second-order valence-electron chi connectivity index (χ2n) is 10.9. The summed E-state index contributed by atoms with van der Waals surface area (Å²) >= 11 is 5.90. The molecule has 0 aromatic heterocycles. The first kappa shape index (κ1) is 21.9. The number of rotatable bonds is 6. The minimum Gasteiger partial charge on any atom is -0.368 e. The van der Waals surface area contributed by atoms with Crippen molar-refractivity contribution >= 4 is 23.4 Å². The molecule has 6 unspecified atom stereocenters. The van der Waals surface area contributed by atoms with Crippen LogP contribution in [0.25, 0.3) is 0 Å². The van der Waals surface area contributed by atoms with Crippen LogP contribution in [-0.2, 0) is 14.3 Å². The Morgan fingerprint density at radius 2 is 1.77 bits per heavy atom. The Balaban J connectivity index is 1.04. The summed E-state index contributed by atoms with van der Waals surface area (Å²) in [6, 6.07) is 0.554. The van der Waals surface area contributed by atoms with Crippen LogP contribution in [0, 0.1) is 5.92 Å². The lowest BCUT2D eigenvalue weighted by Gasteiger charge is -2.70. The normalized spacial score (nSPS) is 46.4. The first-order valence-corrected chi connectivity index (χ1v) is 12.5. The van der Waals surface area contributed by atoms with Crippen LogP contribution in [-0.4, -0.2) is 71.2 Å². The number of carbonyl (C=O) groups is 2. The van der Waals surface area contributed by atoms with Gasteiger partial charge in [-0.1, -0.05) is 12.8 Å². The highest BCUT2D eigenvalue weighted by molar-refractivity contribution is 6.21. The maximum atomic E-state index is 13.7. The molecule has 0 aromatic rings. The summed E-state index contributed by atoms with van der Waals surface area (Å²) in [7, 11) is 2.11. The molecule has 5 saturated carbocycles. The van der Waals surface area contributed by atoms with E-state index in [9.17, 15) is 14.0 Å². The Labute approximate surface area is 189 Å². The van der Waals surface area contributed by atoms with E-state index < -0.39 is 11.5 Å². The van der Waals surface area contributed by atoms with E-state index in [2.05, 4.69) is 22.6 Å². The van der Waals surface area contributed by atoms with E-state index in [0.717, 1.165) is 25.7 Å². The van der Waals surface area contributed by atoms with E-state index in [-0.39, 0.29) is 48.1 Å². The molecule has 5 aliphatic carbocycles. The lowest BCUT2D eigenvalue weighted by atomic mass is 9.44. The van der Waals surface area contributed by atoms with Gasteiger partial charge in [-0.05, 0) is 64.3 Å². The highest BCUT2D eigenvalue weighted by atomic mass is 35.5. The van der Waals surface area contributed by atoms with Gasteiger partial charge in [0.15, 0.2) is 0 Å². The van der Waals surface area contributed by atoms with Crippen molar-refractivity contribution < 1.29 is 18.7 Å². The molecule has 6 nitrogen and oxygen atoms in total. The molecular formula is C23H35ClFN3O3. The summed E-state index contributed by atoms with van der Waals surface area (Å²) < 4.78 is 19.3. The van der Waals surface area contributed by atoms with Crippen LogP contribution in [0.4, 0.5) is 4.39 Å². The van der Waals surface area contributed by atoms with Gasteiger partial charge in [0.1, 0.15) is 12.8 Å². The molecular weight excluding hydrogens is 421 g/mol. The SMILES string of the molecule is CN1C(C(=O)NC23CC(NC(=O)COC4CCC(Cl)C(F)C4)(C2)C3)CC2CCCCC21. The first-order chi connectivity index (χ1) is 14.8. The number of likely N-dealkylation sites (N-methyl/N-ethyl adjacent to an activating group) is 1. The Bertz CT molecular complexity index is 717. The number of amides is 2. The third kappa shape index (κ3) is 4.10. The van der Waals surface area contributed by atoms with Gasteiger partial charge < -0.3 is 15.4 Å². The molecule has 2 N–H and O–H groups in total. The molecule has 31 heavy (non-hydrogen) atoms. The molecule has 6 rings (SSSR count). The zero-order valence-corrected chi connectivity index (χ0v) is 19.1. The van der Waals surface area contributed by atoms with Gasteiger partial charge in [0.25, 0.3) is 0 Å². The van der Waals surface area contributed by atoms with E-state index in [1.54, 1.807) is 0 Å². The van der Waals surface area contributed by atoms with Crippen molar-refractivity contribution in [2.75, 3.05) is 13.7 Å². The second kappa shape index (κ2) is 8.14. The molecule has 6 atom stereocenters. The molecule has 1 aliphatic heterocycles. The number of nitrogens with one attached hydrogen (secondary N) is 2.